The van der Waals surface area contributed by atoms with Crippen molar-refractivity contribution in [3.8, 4) is 0 Å². The predicted octanol–water partition coefficient (Wildman–Crippen LogP) is 4.75. The first-order valence-corrected chi connectivity index (χ1v) is 7.65. The molecule has 1 aliphatic carbocycles. The third-order valence-corrected chi connectivity index (χ3v) is 4.96. The lowest BCUT2D eigenvalue weighted by atomic mass is 9.93. The second-order valence-electron chi connectivity index (χ2n) is 6.22. The zero-order valence-electron chi connectivity index (χ0n) is 12.8. The van der Waals surface area contributed by atoms with E-state index in [9.17, 15) is 8.78 Å². The van der Waals surface area contributed by atoms with Crippen LogP contribution in [-0.4, -0.2) is 6.04 Å². The molecule has 0 aliphatic heterocycles. The number of benzene rings is 1. The molecule has 0 spiro atoms. The molecule has 1 N–H and O–H groups in total. The number of hydrogen-bond acceptors (Lipinski definition) is 1. The molecule has 4 atom stereocenters. The molecule has 1 nitrogen and oxygen atoms in total. The van der Waals surface area contributed by atoms with Crippen molar-refractivity contribution in [1.29, 1.82) is 0 Å². The Morgan fingerprint density at radius 3 is 2.55 bits per heavy atom. The largest absolute Gasteiger partial charge is 0.307 e. The minimum atomic E-state index is -0.332. The first kappa shape index (κ1) is 15.4. The predicted molar refractivity (Wildman–Crippen MR) is 78.6 cm³/mol. The van der Waals surface area contributed by atoms with Gasteiger partial charge in [0, 0.05) is 17.6 Å². The van der Waals surface area contributed by atoms with Crippen LogP contribution in [-0.2, 0) is 0 Å². The zero-order chi connectivity index (χ0) is 14.9. The Hall–Kier alpha value is -0.960. The third kappa shape index (κ3) is 3.03. The molecule has 0 heterocycles. The van der Waals surface area contributed by atoms with E-state index in [1.807, 2.05) is 6.92 Å². The van der Waals surface area contributed by atoms with Gasteiger partial charge in [0.15, 0.2) is 0 Å². The maximum absolute atomic E-state index is 14.0. The fourth-order valence-corrected chi connectivity index (χ4v) is 3.46. The summed E-state index contributed by atoms with van der Waals surface area (Å²) in [6, 6.07) is 2.86. The Morgan fingerprint density at radius 1 is 1.25 bits per heavy atom. The molecule has 3 heteroatoms. The van der Waals surface area contributed by atoms with E-state index in [1.165, 1.54) is 25.0 Å². The van der Waals surface area contributed by atoms with Gasteiger partial charge in [-0.25, -0.2) is 8.78 Å². The van der Waals surface area contributed by atoms with Crippen molar-refractivity contribution in [2.75, 3.05) is 0 Å². The van der Waals surface area contributed by atoms with Crippen molar-refractivity contribution < 1.29 is 8.78 Å². The lowest BCUT2D eigenvalue weighted by Gasteiger charge is -2.25. The smallest absolute Gasteiger partial charge is 0.128 e. The molecule has 2 rings (SSSR count). The summed E-state index contributed by atoms with van der Waals surface area (Å²) in [6.07, 6.45) is 3.55. The quantitative estimate of drug-likeness (QED) is 0.840. The standard InChI is InChI=1S/C17H25F2N/c1-5-13-6-7-17(11(13)3)20-12(4)14-9-15(18)10(2)8-16(14)19/h8-9,11-13,17,20H,5-7H2,1-4H3. The average molecular weight is 281 g/mol. The SMILES string of the molecule is CCC1CCC(NC(C)c2cc(F)c(C)cc2F)C1C. The van der Waals surface area contributed by atoms with Crippen LogP contribution in [0.1, 0.15) is 57.2 Å². The van der Waals surface area contributed by atoms with Crippen molar-refractivity contribution >= 4 is 0 Å². The summed E-state index contributed by atoms with van der Waals surface area (Å²) in [6.45, 7) is 7.99. The van der Waals surface area contributed by atoms with E-state index in [-0.39, 0.29) is 17.7 Å². The Morgan fingerprint density at radius 2 is 1.95 bits per heavy atom. The zero-order valence-corrected chi connectivity index (χ0v) is 12.8. The monoisotopic (exact) mass is 281 g/mol. The summed E-state index contributed by atoms with van der Waals surface area (Å²) in [7, 11) is 0. The van der Waals surface area contributed by atoms with Crippen LogP contribution in [0.2, 0.25) is 0 Å². The number of rotatable bonds is 4. The van der Waals surface area contributed by atoms with Gasteiger partial charge in [0.2, 0.25) is 0 Å². The molecule has 0 amide bonds. The van der Waals surface area contributed by atoms with Crippen LogP contribution < -0.4 is 5.32 Å². The van der Waals surface area contributed by atoms with E-state index >= 15 is 0 Å². The molecule has 112 valence electrons. The highest BCUT2D eigenvalue weighted by atomic mass is 19.1. The minimum Gasteiger partial charge on any atom is -0.307 e. The number of hydrogen-bond donors (Lipinski definition) is 1. The molecule has 1 aliphatic rings. The van der Waals surface area contributed by atoms with Gasteiger partial charge in [-0.1, -0.05) is 20.3 Å². The molecule has 1 fully saturated rings. The molecule has 20 heavy (non-hydrogen) atoms. The second kappa shape index (κ2) is 6.21. The van der Waals surface area contributed by atoms with Crippen LogP contribution in [0.3, 0.4) is 0 Å². The van der Waals surface area contributed by atoms with Crippen molar-refractivity contribution in [3.05, 3.63) is 34.9 Å². The van der Waals surface area contributed by atoms with Crippen LogP contribution in [0.15, 0.2) is 12.1 Å². The highest BCUT2D eigenvalue weighted by Gasteiger charge is 2.32. The maximum atomic E-state index is 14.0. The number of nitrogens with one attached hydrogen (secondary N) is 1. The van der Waals surface area contributed by atoms with E-state index in [1.54, 1.807) is 6.92 Å². The molecule has 0 aromatic heterocycles. The van der Waals surface area contributed by atoms with Crippen LogP contribution in [0.25, 0.3) is 0 Å². The Labute approximate surface area is 120 Å². The number of aryl methyl sites for hydroxylation is 1. The van der Waals surface area contributed by atoms with E-state index in [0.717, 1.165) is 12.3 Å². The molecule has 1 aromatic carbocycles. The van der Waals surface area contributed by atoms with Gasteiger partial charge in [-0.15, -0.1) is 0 Å². The lowest BCUT2D eigenvalue weighted by molar-refractivity contribution is 0.324. The Kier molecular flexibility index (Phi) is 4.79. The minimum absolute atomic E-state index is 0.159. The summed E-state index contributed by atoms with van der Waals surface area (Å²) in [5, 5.41) is 3.49. The van der Waals surface area contributed by atoms with Gasteiger partial charge in [-0.2, -0.15) is 0 Å². The Balaban J connectivity index is 2.09. The summed E-state index contributed by atoms with van der Waals surface area (Å²) in [5.41, 5.74) is 0.791. The van der Waals surface area contributed by atoms with Crippen molar-refractivity contribution in [3.63, 3.8) is 0 Å². The van der Waals surface area contributed by atoms with Crippen molar-refractivity contribution in [2.45, 2.75) is 59.0 Å². The van der Waals surface area contributed by atoms with Gasteiger partial charge < -0.3 is 5.32 Å². The molecular formula is C17H25F2N. The summed E-state index contributed by atoms with van der Waals surface area (Å²) < 4.78 is 27.6. The fourth-order valence-electron chi connectivity index (χ4n) is 3.46. The molecule has 0 saturated heterocycles. The molecule has 0 radical (unpaired) electrons. The summed E-state index contributed by atoms with van der Waals surface area (Å²) in [4.78, 5) is 0. The van der Waals surface area contributed by atoms with Crippen LogP contribution in [0.5, 0.6) is 0 Å². The summed E-state index contributed by atoms with van der Waals surface area (Å²) >= 11 is 0. The third-order valence-electron chi connectivity index (χ3n) is 4.96. The van der Waals surface area contributed by atoms with Crippen LogP contribution >= 0.6 is 0 Å². The van der Waals surface area contributed by atoms with Crippen molar-refractivity contribution in [1.82, 2.24) is 5.32 Å². The average Bonchev–Trinajstić information content (AvgIpc) is 2.74. The number of halogens is 2. The van der Waals surface area contributed by atoms with E-state index in [0.29, 0.717) is 23.1 Å². The molecule has 4 unspecified atom stereocenters. The first-order chi connectivity index (χ1) is 9.43. The van der Waals surface area contributed by atoms with Crippen molar-refractivity contribution in [2.24, 2.45) is 11.8 Å². The Bertz CT molecular complexity index is 472. The van der Waals surface area contributed by atoms with Gasteiger partial charge in [0.1, 0.15) is 11.6 Å². The summed E-state index contributed by atoms with van der Waals surface area (Å²) in [5.74, 6) is 0.697. The van der Waals surface area contributed by atoms with Gasteiger partial charge >= 0.3 is 0 Å². The lowest BCUT2D eigenvalue weighted by Crippen LogP contribution is -2.35. The van der Waals surface area contributed by atoms with Gasteiger partial charge in [-0.05, 0) is 56.2 Å². The van der Waals surface area contributed by atoms with Gasteiger partial charge in [-0.3, -0.25) is 0 Å². The molecule has 1 aromatic rings. The molecule has 1 saturated carbocycles. The van der Waals surface area contributed by atoms with Crippen LogP contribution in [0.4, 0.5) is 8.78 Å². The fraction of sp³-hybridized carbons (Fsp3) is 0.647. The second-order valence-corrected chi connectivity index (χ2v) is 6.22. The molecule has 0 bridgehead atoms. The maximum Gasteiger partial charge on any atom is 0.128 e. The van der Waals surface area contributed by atoms with E-state index in [4.69, 9.17) is 0 Å². The van der Waals surface area contributed by atoms with Crippen LogP contribution in [0, 0.1) is 30.4 Å². The highest BCUT2D eigenvalue weighted by molar-refractivity contribution is 5.27. The first-order valence-electron chi connectivity index (χ1n) is 7.65. The van der Waals surface area contributed by atoms with E-state index < -0.39 is 0 Å². The van der Waals surface area contributed by atoms with Gasteiger partial charge in [0.05, 0.1) is 0 Å². The topological polar surface area (TPSA) is 12.0 Å². The highest BCUT2D eigenvalue weighted by Crippen LogP contribution is 2.35. The normalized spacial score (nSPS) is 27.8. The van der Waals surface area contributed by atoms with E-state index in [2.05, 4.69) is 19.2 Å². The molecular weight excluding hydrogens is 256 g/mol. The van der Waals surface area contributed by atoms with Gasteiger partial charge in [0.25, 0.3) is 0 Å².